The van der Waals surface area contributed by atoms with Gasteiger partial charge in [-0.05, 0) is 24.3 Å². The number of hydrogen-bond donors (Lipinski definition) is 2. The lowest BCUT2D eigenvalue weighted by Gasteiger charge is -2.03. The lowest BCUT2D eigenvalue weighted by atomic mass is 10.3. The smallest absolute Gasteiger partial charge is 0.127 e. The SMILES string of the molecule is C=C(N)N.c1ccc(Oc2ccccc2)cc1. The lowest BCUT2D eigenvalue weighted by molar-refractivity contribution is 0.482. The molecule has 0 radical (unpaired) electrons. The number of hydrogen-bond acceptors (Lipinski definition) is 3. The molecular weight excluding hydrogens is 212 g/mol. The van der Waals surface area contributed by atoms with Crippen LogP contribution in [0.25, 0.3) is 0 Å². The fraction of sp³-hybridized carbons (Fsp3) is 0. The Morgan fingerprint density at radius 1 is 0.765 bits per heavy atom. The highest BCUT2D eigenvalue weighted by molar-refractivity contribution is 5.30. The molecule has 2 aromatic carbocycles. The minimum absolute atomic E-state index is 0.167. The normalized spacial score (nSPS) is 8.71. The molecule has 0 amide bonds. The van der Waals surface area contributed by atoms with E-state index < -0.39 is 0 Å². The summed E-state index contributed by atoms with van der Waals surface area (Å²) in [5.74, 6) is 1.91. The molecule has 0 heterocycles. The highest BCUT2D eigenvalue weighted by Crippen LogP contribution is 2.19. The van der Waals surface area contributed by atoms with Gasteiger partial charge in [0.05, 0.1) is 5.82 Å². The molecule has 0 aliphatic carbocycles. The van der Waals surface area contributed by atoms with Crippen molar-refractivity contribution in [2.24, 2.45) is 11.5 Å². The zero-order chi connectivity index (χ0) is 12.5. The van der Waals surface area contributed by atoms with Gasteiger partial charge in [0.15, 0.2) is 0 Å². The van der Waals surface area contributed by atoms with Gasteiger partial charge in [-0.15, -0.1) is 0 Å². The molecular formula is C14H16N2O. The predicted molar refractivity (Wildman–Crippen MR) is 70.5 cm³/mol. The van der Waals surface area contributed by atoms with Crippen molar-refractivity contribution in [3.63, 3.8) is 0 Å². The molecule has 0 aromatic heterocycles. The molecule has 2 aromatic rings. The van der Waals surface area contributed by atoms with Gasteiger partial charge in [0.2, 0.25) is 0 Å². The Balaban J connectivity index is 0.000000317. The van der Waals surface area contributed by atoms with Gasteiger partial charge in [0.1, 0.15) is 11.5 Å². The maximum absolute atomic E-state index is 5.58. The first-order chi connectivity index (χ1) is 8.18. The standard InChI is InChI=1S/C12H10O.C2H6N2/c1-3-7-11(8-4-1)13-12-9-5-2-6-10-12;1-2(3)4/h1-10H;1,3-4H2. The van der Waals surface area contributed by atoms with Gasteiger partial charge in [-0.2, -0.15) is 0 Å². The van der Waals surface area contributed by atoms with Crippen LogP contribution in [0.15, 0.2) is 73.1 Å². The third-order valence-electron chi connectivity index (χ3n) is 1.72. The van der Waals surface area contributed by atoms with E-state index in [2.05, 4.69) is 6.58 Å². The van der Waals surface area contributed by atoms with E-state index in [1.54, 1.807) is 0 Å². The number of para-hydroxylation sites is 2. The molecule has 17 heavy (non-hydrogen) atoms. The maximum atomic E-state index is 5.58. The molecule has 3 nitrogen and oxygen atoms in total. The molecule has 3 heteroatoms. The monoisotopic (exact) mass is 228 g/mol. The highest BCUT2D eigenvalue weighted by atomic mass is 16.5. The Kier molecular flexibility index (Phi) is 5.17. The first-order valence-electron chi connectivity index (χ1n) is 5.16. The summed E-state index contributed by atoms with van der Waals surface area (Å²) in [7, 11) is 0. The van der Waals surface area contributed by atoms with Crippen LogP contribution >= 0.6 is 0 Å². The molecule has 0 saturated heterocycles. The van der Waals surface area contributed by atoms with Gasteiger partial charge in [0, 0.05) is 0 Å². The Hall–Kier alpha value is -2.42. The van der Waals surface area contributed by atoms with Gasteiger partial charge in [-0.3, -0.25) is 0 Å². The first-order valence-corrected chi connectivity index (χ1v) is 5.16. The van der Waals surface area contributed by atoms with Crippen molar-refractivity contribution >= 4 is 0 Å². The topological polar surface area (TPSA) is 61.3 Å². The van der Waals surface area contributed by atoms with Crippen LogP contribution in [-0.4, -0.2) is 0 Å². The summed E-state index contributed by atoms with van der Waals surface area (Å²) in [6.07, 6.45) is 0. The molecule has 4 N–H and O–H groups in total. The van der Waals surface area contributed by atoms with Crippen LogP contribution in [-0.2, 0) is 0 Å². The minimum Gasteiger partial charge on any atom is -0.457 e. The van der Waals surface area contributed by atoms with Gasteiger partial charge in [-0.25, -0.2) is 0 Å². The van der Waals surface area contributed by atoms with Crippen molar-refractivity contribution in [3.05, 3.63) is 73.1 Å². The first kappa shape index (κ1) is 12.6. The zero-order valence-electron chi connectivity index (χ0n) is 9.54. The van der Waals surface area contributed by atoms with Crippen LogP contribution in [0.3, 0.4) is 0 Å². The molecule has 0 aliphatic heterocycles. The van der Waals surface area contributed by atoms with E-state index in [1.807, 2.05) is 60.7 Å². The third kappa shape index (κ3) is 5.89. The van der Waals surface area contributed by atoms with Crippen molar-refractivity contribution < 1.29 is 4.74 Å². The van der Waals surface area contributed by atoms with Crippen LogP contribution in [0.1, 0.15) is 0 Å². The molecule has 88 valence electrons. The van der Waals surface area contributed by atoms with Crippen LogP contribution in [0.4, 0.5) is 0 Å². The number of nitrogens with two attached hydrogens (primary N) is 2. The number of rotatable bonds is 2. The largest absolute Gasteiger partial charge is 0.457 e. The van der Waals surface area contributed by atoms with E-state index in [0.717, 1.165) is 11.5 Å². The fourth-order valence-electron chi connectivity index (χ4n) is 1.11. The summed E-state index contributed by atoms with van der Waals surface area (Å²) in [5.41, 5.74) is 9.39. The molecule has 0 bridgehead atoms. The van der Waals surface area contributed by atoms with Crippen LogP contribution in [0.2, 0.25) is 0 Å². The van der Waals surface area contributed by atoms with Gasteiger partial charge >= 0.3 is 0 Å². The molecule has 0 fully saturated rings. The summed E-state index contributed by atoms with van der Waals surface area (Å²) in [6, 6.07) is 19.5. The average molecular weight is 228 g/mol. The second-order valence-electron chi connectivity index (χ2n) is 3.30. The molecule has 0 saturated carbocycles. The summed E-state index contributed by atoms with van der Waals surface area (Å²) in [4.78, 5) is 0. The van der Waals surface area contributed by atoms with Gasteiger partial charge < -0.3 is 16.2 Å². The van der Waals surface area contributed by atoms with Crippen molar-refractivity contribution in [1.29, 1.82) is 0 Å². The van der Waals surface area contributed by atoms with Crippen molar-refractivity contribution in [2.75, 3.05) is 0 Å². The second-order valence-corrected chi connectivity index (χ2v) is 3.30. The summed E-state index contributed by atoms with van der Waals surface area (Å²) in [5, 5.41) is 0. The van der Waals surface area contributed by atoms with Crippen LogP contribution < -0.4 is 16.2 Å². The van der Waals surface area contributed by atoms with Crippen LogP contribution in [0.5, 0.6) is 11.5 Å². The van der Waals surface area contributed by atoms with E-state index in [-0.39, 0.29) is 5.82 Å². The Labute approximate surface area is 101 Å². The summed E-state index contributed by atoms with van der Waals surface area (Å²) >= 11 is 0. The predicted octanol–water partition coefficient (Wildman–Crippen LogP) is 2.85. The molecule has 0 spiro atoms. The van der Waals surface area contributed by atoms with E-state index in [1.165, 1.54) is 0 Å². The average Bonchev–Trinajstić information content (AvgIpc) is 2.31. The fourth-order valence-corrected chi connectivity index (χ4v) is 1.11. The second kappa shape index (κ2) is 6.95. The lowest BCUT2D eigenvalue weighted by Crippen LogP contribution is -2.04. The Bertz CT molecular complexity index is 399. The summed E-state index contributed by atoms with van der Waals surface area (Å²) < 4.78 is 5.58. The Morgan fingerprint density at radius 2 is 1.06 bits per heavy atom. The number of ether oxygens (including phenoxy) is 1. The molecule has 2 rings (SSSR count). The molecule has 0 unspecified atom stereocenters. The van der Waals surface area contributed by atoms with Crippen molar-refractivity contribution in [2.45, 2.75) is 0 Å². The van der Waals surface area contributed by atoms with Gasteiger partial charge in [0.25, 0.3) is 0 Å². The zero-order valence-corrected chi connectivity index (χ0v) is 9.54. The highest BCUT2D eigenvalue weighted by Gasteiger charge is 1.92. The van der Waals surface area contributed by atoms with E-state index in [4.69, 9.17) is 16.2 Å². The number of benzene rings is 2. The van der Waals surface area contributed by atoms with E-state index >= 15 is 0 Å². The van der Waals surface area contributed by atoms with Crippen molar-refractivity contribution in [3.8, 4) is 11.5 Å². The third-order valence-corrected chi connectivity index (χ3v) is 1.72. The van der Waals surface area contributed by atoms with Crippen LogP contribution in [0, 0.1) is 0 Å². The van der Waals surface area contributed by atoms with Crippen molar-refractivity contribution in [1.82, 2.24) is 0 Å². The maximum Gasteiger partial charge on any atom is 0.127 e. The minimum atomic E-state index is 0.167. The van der Waals surface area contributed by atoms with Gasteiger partial charge in [-0.1, -0.05) is 43.0 Å². The van der Waals surface area contributed by atoms with E-state index in [9.17, 15) is 0 Å². The quantitative estimate of drug-likeness (QED) is 0.830. The molecule has 0 atom stereocenters. The summed E-state index contributed by atoms with van der Waals surface area (Å²) in [6.45, 7) is 3.11. The molecule has 0 aliphatic rings. The Morgan fingerprint density at radius 3 is 1.35 bits per heavy atom. The van der Waals surface area contributed by atoms with E-state index in [0.29, 0.717) is 0 Å².